The Balaban J connectivity index is 1.28. The van der Waals surface area contributed by atoms with Gasteiger partial charge in [0.05, 0.1) is 11.4 Å². The lowest BCUT2D eigenvalue weighted by atomic mass is 10.2. The molecule has 1 saturated heterocycles. The van der Waals surface area contributed by atoms with Crippen LogP contribution in [0.15, 0.2) is 52.3 Å². The number of hydrogen-bond donors (Lipinski definition) is 0. The van der Waals surface area contributed by atoms with Crippen LogP contribution in [0.1, 0.15) is 19.8 Å². The number of anilines is 2. The summed E-state index contributed by atoms with van der Waals surface area (Å²) in [4.78, 5) is 21.5. The highest BCUT2D eigenvalue weighted by molar-refractivity contribution is 7.99. The van der Waals surface area contributed by atoms with Crippen molar-refractivity contribution in [3.8, 4) is 0 Å². The van der Waals surface area contributed by atoms with Crippen LogP contribution in [0.2, 0.25) is 5.02 Å². The highest BCUT2D eigenvalue weighted by Crippen LogP contribution is 2.48. The minimum atomic E-state index is -0.214. The quantitative estimate of drug-likeness (QED) is 0.487. The zero-order valence-corrected chi connectivity index (χ0v) is 20.9. The largest absolute Gasteiger partial charge is 0.446 e. The van der Waals surface area contributed by atoms with Gasteiger partial charge in [0.25, 0.3) is 0 Å². The Hall–Kier alpha value is -1.93. The molecule has 0 radical (unpaired) electrons. The second-order valence-corrected chi connectivity index (χ2v) is 10.0. The Labute approximate surface area is 205 Å². The predicted octanol–water partition coefficient (Wildman–Crippen LogP) is 5.51. The maximum absolute atomic E-state index is 12.4. The molecule has 2 aliphatic rings. The number of benzene rings is 2. The molecule has 0 spiro atoms. The molecule has 4 rings (SSSR count). The molecule has 1 fully saturated rings. The highest BCUT2D eigenvalue weighted by Gasteiger charge is 2.25. The van der Waals surface area contributed by atoms with Gasteiger partial charge < -0.3 is 19.3 Å². The summed E-state index contributed by atoms with van der Waals surface area (Å²) < 4.78 is 10.6. The van der Waals surface area contributed by atoms with Crippen molar-refractivity contribution in [3.05, 3.63) is 47.5 Å². The molecule has 8 heteroatoms. The second kappa shape index (κ2) is 11.5. The maximum Gasteiger partial charge on any atom is 0.410 e. The summed E-state index contributed by atoms with van der Waals surface area (Å²) in [7, 11) is 1.66. The van der Waals surface area contributed by atoms with Crippen LogP contribution in [-0.4, -0.2) is 75.0 Å². The molecule has 0 N–H and O–H groups in total. The molecule has 0 saturated carbocycles. The van der Waals surface area contributed by atoms with Crippen molar-refractivity contribution >= 4 is 40.8 Å². The normalized spacial score (nSPS) is 16.8. The molecule has 2 aromatic carbocycles. The number of para-hydroxylation sites is 1. The summed E-state index contributed by atoms with van der Waals surface area (Å²) in [6, 6.07) is 14.7. The van der Waals surface area contributed by atoms with Gasteiger partial charge in [-0.15, -0.1) is 0 Å². The number of piperazine rings is 1. The first kappa shape index (κ1) is 24.2. The fourth-order valence-electron chi connectivity index (χ4n) is 4.24. The van der Waals surface area contributed by atoms with E-state index in [4.69, 9.17) is 21.1 Å². The Bertz CT molecular complexity index is 952. The lowest BCUT2D eigenvalue weighted by Gasteiger charge is -2.36. The Morgan fingerprint density at radius 1 is 1.06 bits per heavy atom. The topological polar surface area (TPSA) is 45.3 Å². The first-order valence-corrected chi connectivity index (χ1v) is 12.8. The van der Waals surface area contributed by atoms with E-state index >= 15 is 0 Å². The molecule has 0 aliphatic carbocycles. The van der Waals surface area contributed by atoms with Crippen molar-refractivity contribution in [1.82, 2.24) is 9.80 Å². The Kier molecular flexibility index (Phi) is 8.41. The first-order valence-electron chi connectivity index (χ1n) is 11.6. The number of ether oxygens (including phenoxy) is 2. The number of carbonyl (C=O) groups is 1. The molecule has 1 atom stereocenters. The SMILES string of the molecule is COCCC(C)OC(=O)N1CCN(CCCN2c3ccccc3Sc3ccc(Cl)cc32)CC1. The maximum atomic E-state index is 12.4. The molecule has 2 heterocycles. The van der Waals surface area contributed by atoms with Gasteiger partial charge in [-0.25, -0.2) is 4.79 Å². The van der Waals surface area contributed by atoms with Crippen LogP contribution >= 0.6 is 23.4 Å². The molecule has 33 heavy (non-hydrogen) atoms. The molecular formula is C25H32ClN3O3S. The molecule has 2 aliphatic heterocycles. The summed E-state index contributed by atoms with van der Waals surface area (Å²) >= 11 is 8.13. The fraction of sp³-hybridized carbons (Fsp3) is 0.480. The second-order valence-electron chi connectivity index (χ2n) is 8.49. The van der Waals surface area contributed by atoms with Gasteiger partial charge in [0.15, 0.2) is 0 Å². The van der Waals surface area contributed by atoms with Crippen LogP contribution in [0.5, 0.6) is 0 Å². The number of nitrogens with zero attached hydrogens (tertiary/aromatic N) is 3. The van der Waals surface area contributed by atoms with Crippen molar-refractivity contribution in [2.24, 2.45) is 0 Å². The van der Waals surface area contributed by atoms with Crippen molar-refractivity contribution < 1.29 is 14.3 Å². The summed E-state index contributed by atoms with van der Waals surface area (Å²) in [5.41, 5.74) is 2.42. The average Bonchev–Trinajstić information content (AvgIpc) is 2.83. The van der Waals surface area contributed by atoms with E-state index in [1.807, 2.05) is 17.9 Å². The third kappa shape index (κ3) is 6.15. The molecule has 1 unspecified atom stereocenters. The van der Waals surface area contributed by atoms with Gasteiger partial charge in [-0.3, -0.25) is 4.90 Å². The van der Waals surface area contributed by atoms with Crippen LogP contribution in [-0.2, 0) is 9.47 Å². The third-order valence-corrected chi connectivity index (χ3v) is 7.47. The predicted molar refractivity (Wildman–Crippen MR) is 134 cm³/mol. The van der Waals surface area contributed by atoms with E-state index in [1.54, 1.807) is 18.9 Å². The standard InChI is InChI=1S/C25H32ClN3O3S/c1-19(10-17-31-2)32-25(30)28-15-13-27(14-16-28)11-5-12-29-21-6-3-4-7-23(21)33-24-9-8-20(26)18-22(24)29/h3-4,6-9,18-19H,5,10-17H2,1-2H3. The van der Waals surface area contributed by atoms with E-state index in [0.717, 1.165) is 37.6 Å². The fourth-order valence-corrected chi connectivity index (χ4v) is 5.48. The Morgan fingerprint density at radius 3 is 2.61 bits per heavy atom. The monoisotopic (exact) mass is 489 g/mol. The van der Waals surface area contributed by atoms with Gasteiger partial charge in [-0.2, -0.15) is 0 Å². The summed E-state index contributed by atoms with van der Waals surface area (Å²) in [6.07, 6.45) is 1.41. The van der Waals surface area contributed by atoms with Gasteiger partial charge in [0.2, 0.25) is 0 Å². The number of methoxy groups -OCH3 is 1. The lowest BCUT2D eigenvalue weighted by molar-refractivity contribution is 0.0399. The van der Waals surface area contributed by atoms with Crippen molar-refractivity contribution in [2.75, 3.05) is 57.9 Å². The van der Waals surface area contributed by atoms with Crippen molar-refractivity contribution in [1.29, 1.82) is 0 Å². The molecular weight excluding hydrogens is 458 g/mol. The number of halogens is 1. The molecule has 178 valence electrons. The molecule has 0 bridgehead atoms. The van der Waals surface area contributed by atoms with Crippen LogP contribution in [0.4, 0.5) is 16.2 Å². The van der Waals surface area contributed by atoms with E-state index < -0.39 is 0 Å². The number of carbonyl (C=O) groups excluding carboxylic acids is 1. The molecule has 6 nitrogen and oxygen atoms in total. The van der Waals surface area contributed by atoms with Crippen LogP contribution in [0.25, 0.3) is 0 Å². The number of fused-ring (bicyclic) bond motifs is 2. The van der Waals surface area contributed by atoms with Gasteiger partial charge in [-0.05, 0) is 50.2 Å². The molecule has 0 aromatic heterocycles. The lowest BCUT2D eigenvalue weighted by Crippen LogP contribution is -2.49. The zero-order chi connectivity index (χ0) is 23.2. The summed E-state index contributed by atoms with van der Waals surface area (Å²) in [5.74, 6) is 0. The third-order valence-electron chi connectivity index (χ3n) is 6.10. The number of rotatable bonds is 8. The van der Waals surface area contributed by atoms with Crippen LogP contribution < -0.4 is 4.90 Å². The first-order chi connectivity index (χ1) is 16.0. The Morgan fingerprint density at radius 2 is 1.82 bits per heavy atom. The minimum absolute atomic E-state index is 0.127. The summed E-state index contributed by atoms with van der Waals surface area (Å²) in [5, 5.41) is 0.762. The van der Waals surface area contributed by atoms with Crippen molar-refractivity contribution in [2.45, 2.75) is 35.7 Å². The van der Waals surface area contributed by atoms with Gasteiger partial charge >= 0.3 is 6.09 Å². The number of amides is 1. The van der Waals surface area contributed by atoms with E-state index in [9.17, 15) is 4.79 Å². The molecule has 2 aromatic rings. The zero-order valence-electron chi connectivity index (χ0n) is 19.3. The van der Waals surface area contributed by atoms with E-state index in [-0.39, 0.29) is 12.2 Å². The van der Waals surface area contributed by atoms with Gasteiger partial charge in [0, 0.05) is 67.7 Å². The van der Waals surface area contributed by atoms with E-state index in [0.29, 0.717) is 26.1 Å². The van der Waals surface area contributed by atoms with E-state index in [1.165, 1.54) is 21.2 Å². The van der Waals surface area contributed by atoms with Gasteiger partial charge in [0.1, 0.15) is 6.10 Å². The minimum Gasteiger partial charge on any atom is -0.446 e. The smallest absolute Gasteiger partial charge is 0.410 e. The van der Waals surface area contributed by atoms with Crippen molar-refractivity contribution in [3.63, 3.8) is 0 Å². The molecule has 1 amide bonds. The van der Waals surface area contributed by atoms with Crippen LogP contribution in [0, 0.1) is 0 Å². The van der Waals surface area contributed by atoms with E-state index in [2.05, 4.69) is 46.2 Å². The average molecular weight is 490 g/mol. The number of hydrogen-bond acceptors (Lipinski definition) is 6. The van der Waals surface area contributed by atoms with Gasteiger partial charge in [-0.1, -0.05) is 35.5 Å². The highest BCUT2D eigenvalue weighted by atomic mass is 35.5. The summed E-state index contributed by atoms with van der Waals surface area (Å²) in [6.45, 7) is 7.58. The van der Waals surface area contributed by atoms with Crippen LogP contribution in [0.3, 0.4) is 0 Å².